The van der Waals surface area contributed by atoms with Gasteiger partial charge in [0, 0.05) is 48.8 Å². The summed E-state index contributed by atoms with van der Waals surface area (Å²) in [6, 6.07) is 4.37. The van der Waals surface area contributed by atoms with Gasteiger partial charge in [-0.15, -0.1) is 11.3 Å². The van der Waals surface area contributed by atoms with Gasteiger partial charge >= 0.3 is 0 Å². The van der Waals surface area contributed by atoms with E-state index in [1.807, 2.05) is 11.3 Å². The maximum absolute atomic E-state index is 12.2. The number of rotatable bonds is 5. The van der Waals surface area contributed by atoms with Crippen LogP contribution < -0.4 is 5.32 Å². The van der Waals surface area contributed by atoms with E-state index in [1.165, 1.54) is 22.6 Å². The van der Waals surface area contributed by atoms with Gasteiger partial charge in [-0.3, -0.25) is 9.69 Å². The van der Waals surface area contributed by atoms with E-state index in [4.69, 9.17) is 4.84 Å². The van der Waals surface area contributed by atoms with Crippen LogP contribution in [0.25, 0.3) is 0 Å². The molecule has 1 aromatic rings. The molecule has 1 saturated carbocycles. The zero-order chi connectivity index (χ0) is 15.9. The first-order valence-electron chi connectivity index (χ1n) is 8.43. The third-order valence-corrected chi connectivity index (χ3v) is 5.91. The van der Waals surface area contributed by atoms with Crippen LogP contribution in [0.5, 0.6) is 0 Å². The lowest BCUT2D eigenvalue weighted by atomic mass is 9.96. The largest absolute Gasteiger partial charge is 0.387 e. The Hall–Kier alpha value is -1.40. The van der Waals surface area contributed by atoms with Crippen LogP contribution in [0.15, 0.2) is 17.3 Å². The van der Waals surface area contributed by atoms with Crippen molar-refractivity contribution in [3.05, 3.63) is 21.9 Å². The van der Waals surface area contributed by atoms with Gasteiger partial charge in [-0.25, -0.2) is 0 Å². The predicted molar refractivity (Wildman–Crippen MR) is 90.6 cm³/mol. The van der Waals surface area contributed by atoms with Crippen LogP contribution in [0, 0.1) is 12.8 Å². The molecular formula is C17H23N3O2S. The number of likely N-dealkylation sites (tertiary alicyclic amines) is 1. The smallest absolute Gasteiger partial charge is 0.269 e. The molecule has 0 aromatic carbocycles. The lowest BCUT2D eigenvalue weighted by Gasteiger charge is -2.21. The lowest BCUT2D eigenvalue weighted by molar-refractivity contribution is -0.115. The third kappa shape index (κ3) is 3.43. The van der Waals surface area contributed by atoms with Gasteiger partial charge in [0.1, 0.15) is 5.71 Å². The molecule has 0 radical (unpaired) electrons. The zero-order valence-corrected chi connectivity index (χ0v) is 14.3. The van der Waals surface area contributed by atoms with Crippen molar-refractivity contribution in [2.75, 3.05) is 19.6 Å². The van der Waals surface area contributed by atoms with E-state index < -0.39 is 0 Å². The quantitative estimate of drug-likeness (QED) is 0.899. The molecule has 1 aromatic heterocycles. The number of oxime groups is 1. The Morgan fingerprint density at radius 2 is 2.39 bits per heavy atom. The first-order chi connectivity index (χ1) is 11.1. The van der Waals surface area contributed by atoms with Gasteiger partial charge in [-0.2, -0.15) is 0 Å². The fraction of sp³-hybridized carbons (Fsp3) is 0.647. The predicted octanol–water partition coefficient (Wildman–Crippen LogP) is 2.30. The molecule has 23 heavy (non-hydrogen) atoms. The molecule has 1 unspecified atom stereocenters. The second-order valence-corrected chi connectivity index (χ2v) is 8.49. The molecule has 1 saturated heterocycles. The second kappa shape index (κ2) is 5.91. The van der Waals surface area contributed by atoms with Gasteiger partial charge < -0.3 is 10.2 Å². The molecule has 4 rings (SSSR count). The highest BCUT2D eigenvalue weighted by Gasteiger charge is 2.46. The van der Waals surface area contributed by atoms with E-state index in [9.17, 15) is 4.79 Å². The topological polar surface area (TPSA) is 53.9 Å². The van der Waals surface area contributed by atoms with Crippen molar-refractivity contribution in [1.82, 2.24) is 10.2 Å². The highest BCUT2D eigenvalue weighted by atomic mass is 32.1. The van der Waals surface area contributed by atoms with Crippen LogP contribution in [-0.2, 0) is 16.2 Å². The summed E-state index contributed by atoms with van der Waals surface area (Å²) in [5.41, 5.74) is 0.290. The van der Waals surface area contributed by atoms with E-state index in [1.54, 1.807) is 0 Å². The maximum Gasteiger partial charge on any atom is 0.269 e. The average Bonchev–Trinajstić information content (AvgIpc) is 2.93. The Bertz CT molecular complexity index is 638. The van der Waals surface area contributed by atoms with Crippen molar-refractivity contribution < 1.29 is 9.63 Å². The Morgan fingerprint density at radius 1 is 1.52 bits per heavy atom. The first-order valence-corrected chi connectivity index (χ1v) is 9.24. The zero-order valence-electron chi connectivity index (χ0n) is 13.5. The van der Waals surface area contributed by atoms with E-state index in [2.05, 4.69) is 34.4 Å². The van der Waals surface area contributed by atoms with Crippen LogP contribution in [0.2, 0.25) is 0 Å². The number of aryl methyl sites for hydroxylation is 1. The number of amides is 1. The van der Waals surface area contributed by atoms with Gasteiger partial charge in [0.2, 0.25) is 0 Å². The molecule has 6 heteroatoms. The molecule has 1 amide bonds. The Kier molecular flexibility index (Phi) is 3.89. The van der Waals surface area contributed by atoms with Crippen LogP contribution in [-0.4, -0.2) is 41.8 Å². The van der Waals surface area contributed by atoms with E-state index in [0.29, 0.717) is 18.1 Å². The molecule has 124 valence electrons. The fourth-order valence-corrected chi connectivity index (χ4v) is 4.31. The van der Waals surface area contributed by atoms with Crippen LogP contribution in [0.4, 0.5) is 0 Å². The van der Waals surface area contributed by atoms with Crippen molar-refractivity contribution in [2.45, 2.75) is 44.8 Å². The number of hydrogen-bond acceptors (Lipinski definition) is 5. The van der Waals surface area contributed by atoms with Crippen LogP contribution in [0.1, 0.15) is 35.4 Å². The molecule has 1 aliphatic carbocycles. The molecule has 3 aliphatic rings. The summed E-state index contributed by atoms with van der Waals surface area (Å²) in [5, 5.41) is 7.08. The molecule has 2 aliphatic heterocycles. The van der Waals surface area contributed by atoms with Crippen molar-refractivity contribution in [3.63, 3.8) is 0 Å². The molecule has 1 spiro atoms. The van der Waals surface area contributed by atoms with Crippen molar-refractivity contribution in [1.29, 1.82) is 0 Å². The first kappa shape index (κ1) is 15.1. The van der Waals surface area contributed by atoms with Crippen LogP contribution >= 0.6 is 11.3 Å². The molecule has 1 atom stereocenters. The number of nitrogens with one attached hydrogen (secondary N) is 1. The van der Waals surface area contributed by atoms with Gasteiger partial charge in [0.25, 0.3) is 5.91 Å². The minimum atomic E-state index is -0.279. The average molecular weight is 333 g/mol. The summed E-state index contributed by atoms with van der Waals surface area (Å²) in [5.74, 6) is 0.646. The molecule has 1 N–H and O–H groups in total. The summed E-state index contributed by atoms with van der Waals surface area (Å²) in [6.45, 7) is 5.75. The Morgan fingerprint density at radius 3 is 3.13 bits per heavy atom. The van der Waals surface area contributed by atoms with Crippen molar-refractivity contribution >= 4 is 23.0 Å². The maximum atomic E-state index is 12.2. The van der Waals surface area contributed by atoms with Gasteiger partial charge in [0.15, 0.2) is 5.60 Å². The summed E-state index contributed by atoms with van der Waals surface area (Å²) in [7, 11) is 0. The molecule has 3 heterocycles. The normalized spacial score (nSPS) is 27.3. The van der Waals surface area contributed by atoms with E-state index >= 15 is 0 Å². The van der Waals surface area contributed by atoms with Crippen molar-refractivity contribution in [3.8, 4) is 0 Å². The summed E-state index contributed by atoms with van der Waals surface area (Å²) in [6.07, 6.45) is 4.07. The third-order valence-electron chi connectivity index (χ3n) is 4.92. The summed E-state index contributed by atoms with van der Waals surface area (Å²) in [4.78, 5) is 23.0. The van der Waals surface area contributed by atoms with Gasteiger partial charge in [0.05, 0.1) is 0 Å². The number of thiophene rings is 1. The van der Waals surface area contributed by atoms with Crippen LogP contribution in [0.3, 0.4) is 0 Å². The SMILES string of the molecule is Cc1ccc(CN2CCC3(CC(C(=O)NCC4CC4)=NO3)C2)s1. The van der Waals surface area contributed by atoms with E-state index in [-0.39, 0.29) is 11.5 Å². The second-order valence-electron chi connectivity index (χ2n) is 7.12. The molecular weight excluding hydrogens is 310 g/mol. The van der Waals surface area contributed by atoms with E-state index in [0.717, 1.165) is 32.6 Å². The van der Waals surface area contributed by atoms with Gasteiger partial charge in [-0.05, 0) is 37.8 Å². The van der Waals surface area contributed by atoms with Gasteiger partial charge in [-0.1, -0.05) is 5.16 Å². The fourth-order valence-electron chi connectivity index (χ4n) is 3.38. The number of nitrogens with zero attached hydrogens (tertiary/aromatic N) is 2. The molecule has 2 fully saturated rings. The van der Waals surface area contributed by atoms with Crippen molar-refractivity contribution in [2.24, 2.45) is 11.1 Å². The Labute approximate surface area is 140 Å². The summed E-state index contributed by atoms with van der Waals surface area (Å²) < 4.78 is 0. The highest BCUT2D eigenvalue weighted by Crippen LogP contribution is 2.35. The highest BCUT2D eigenvalue weighted by molar-refractivity contribution is 7.11. The standard InChI is InChI=1S/C17H23N3O2S/c1-12-2-5-14(23-12)10-20-7-6-17(11-20)8-15(19-22-17)16(21)18-9-13-3-4-13/h2,5,13H,3-4,6-11H2,1H3,(H,18,21). The number of hydrogen-bond donors (Lipinski definition) is 1. The number of carbonyl (C=O) groups is 1. The minimum absolute atomic E-state index is 0.0406. The number of carbonyl (C=O) groups excluding carboxylic acids is 1. The molecule has 5 nitrogen and oxygen atoms in total. The minimum Gasteiger partial charge on any atom is -0.387 e. The molecule has 0 bridgehead atoms. The summed E-state index contributed by atoms with van der Waals surface area (Å²) >= 11 is 1.85. The lowest BCUT2D eigenvalue weighted by Crippen LogP contribution is -2.37. The Balaban J connectivity index is 1.30. The monoisotopic (exact) mass is 333 g/mol.